The molecule has 3 nitrogen and oxygen atoms in total. The molecule has 2 N–H and O–H groups in total. The molecule has 1 aromatic heterocycles. The maximum atomic E-state index is 6.09. The second-order valence-corrected chi connectivity index (χ2v) is 5.54. The number of fused-ring (bicyclic) bond motifs is 1. The van der Waals surface area contributed by atoms with Crippen LogP contribution in [-0.4, -0.2) is 9.55 Å². The maximum absolute atomic E-state index is 6.09. The first kappa shape index (κ1) is 14.0. The lowest BCUT2D eigenvalue weighted by Gasteiger charge is -2.07. The van der Waals surface area contributed by atoms with Gasteiger partial charge in [-0.2, -0.15) is 0 Å². The maximum Gasteiger partial charge on any atom is 0.110 e. The number of halogens is 1. The fraction of sp³-hybridized carbons (Fsp3) is 0.235. The van der Waals surface area contributed by atoms with Crippen LogP contribution in [0, 0.1) is 0 Å². The number of hydrogen-bond donors (Lipinski definition) is 1. The number of para-hydroxylation sites is 1. The van der Waals surface area contributed by atoms with Gasteiger partial charge in [0.1, 0.15) is 5.82 Å². The van der Waals surface area contributed by atoms with Crippen LogP contribution >= 0.6 is 11.6 Å². The highest BCUT2D eigenvalue weighted by Gasteiger charge is 2.10. The molecule has 0 radical (unpaired) electrons. The van der Waals surface area contributed by atoms with Crippen LogP contribution in [0.1, 0.15) is 18.3 Å². The van der Waals surface area contributed by atoms with Crippen molar-refractivity contribution in [2.45, 2.75) is 26.3 Å². The molecule has 0 aliphatic rings. The predicted molar refractivity (Wildman–Crippen MR) is 88.7 cm³/mol. The zero-order valence-electron chi connectivity index (χ0n) is 12.0. The monoisotopic (exact) mass is 299 g/mol. The van der Waals surface area contributed by atoms with Crippen LogP contribution in [0.4, 0.5) is 5.69 Å². The third-order valence-electron chi connectivity index (χ3n) is 3.78. The molecule has 0 spiro atoms. The molecule has 0 aliphatic carbocycles. The van der Waals surface area contributed by atoms with Crippen LogP contribution in [0.5, 0.6) is 0 Å². The van der Waals surface area contributed by atoms with Crippen LogP contribution in [0.3, 0.4) is 0 Å². The number of rotatable bonds is 4. The van der Waals surface area contributed by atoms with Gasteiger partial charge in [0, 0.05) is 23.7 Å². The summed E-state index contributed by atoms with van der Waals surface area (Å²) in [4.78, 5) is 4.73. The number of nitrogens with two attached hydrogens (primary N) is 1. The Kier molecular flexibility index (Phi) is 3.84. The Morgan fingerprint density at radius 2 is 1.95 bits per heavy atom. The van der Waals surface area contributed by atoms with E-state index >= 15 is 0 Å². The standard InChI is InChI=1S/C17H18ClN3/c1-2-21-16-11-13(18)8-9-15(16)20-17(21)10-7-12-5-3-4-6-14(12)19/h3-6,8-9,11H,2,7,10,19H2,1H3. The third kappa shape index (κ3) is 2.74. The van der Waals surface area contributed by atoms with E-state index in [1.54, 1.807) is 0 Å². The second-order valence-electron chi connectivity index (χ2n) is 5.10. The van der Waals surface area contributed by atoms with E-state index in [4.69, 9.17) is 22.3 Å². The lowest BCUT2D eigenvalue weighted by molar-refractivity contribution is 0.707. The number of aromatic nitrogens is 2. The van der Waals surface area contributed by atoms with Gasteiger partial charge in [-0.05, 0) is 43.2 Å². The minimum Gasteiger partial charge on any atom is -0.399 e. The number of aryl methyl sites for hydroxylation is 3. The van der Waals surface area contributed by atoms with Gasteiger partial charge in [-0.15, -0.1) is 0 Å². The summed E-state index contributed by atoms with van der Waals surface area (Å²) in [7, 11) is 0. The fourth-order valence-corrected chi connectivity index (χ4v) is 2.86. The van der Waals surface area contributed by atoms with E-state index in [1.165, 1.54) is 5.56 Å². The Morgan fingerprint density at radius 1 is 1.14 bits per heavy atom. The molecule has 0 bridgehead atoms. The van der Waals surface area contributed by atoms with Crippen LogP contribution in [-0.2, 0) is 19.4 Å². The minimum absolute atomic E-state index is 0.746. The molecule has 0 saturated carbocycles. The molecular weight excluding hydrogens is 282 g/mol. The first-order chi connectivity index (χ1) is 10.2. The first-order valence-corrected chi connectivity index (χ1v) is 7.55. The Hall–Kier alpha value is -2.00. The number of hydrogen-bond acceptors (Lipinski definition) is 2. The van der Waals surface area contributed by atoms with Crippen LogP contribution in [0.15, 0.2) is 42.5 Å². The van der Waals surface area contributed by atoms with Crippen molar-refractivity contribution in [1.82, 2.24) is 9.55 Å². The lowest BCUT2D eigenvalue weighted by Crippen LogP contribution is -2.04. The number of nitrogens with zero attached hydrogens (tertiary/aromatic N) is 2. The largest absolute Gasteiger partial charge is 0.399 e. The van der Waals surface area contributed by atoms with Crippen molar-refractivity contribution in [2.75, 3.05) is 5.73 Å². The Labute approximate surface area is 129 Å². The number of benzene rings is 2. The molecule has 108 valence electrons. The van der Waals surface area contributed by atoms with Gasteiger partial charge in [0.15, 0.2) is 0 Å². The van der Waals surface area contributed by atoms with Crippen molar-refractivity contribution >= 4 is 28.3 Å². The summed E-state index contributed by atoms with van der Waals surface area (Å²) in [5.41, 5.74) is 10.1. The number of imidazole rings is 1. The Bertz CT molecular complexity index is 777. The number of nitrogen functional groups attached to an aromatic ring is 1. The highest BCUT2D eigenvalue weighted by Crippen LogP contribution is 2.22. The molecule has 0 atom stereocenters. The van der Waals surface area contributed by atoms with Gasteiger partial charge in [0.05, 0.1) is 11.0 Å². The van der Waals surface area contributed by atoms with Gasteiger partial charge in [-0.3, -0.25) is 0 Å². The van der Waals surface area contributed by atoms with E-state index in [9.17, 15) is 0 Å². The van der Waals surface area contributed by atoms with Gasteiger partial charge in [-0.1, -0.05) is 29.8 Å². The number of anilines is 1. The highest BCUT2D eigenvalue weighted by molar-refractivity contribution is 6.31. The van der Waals surface area contributed by atoms with E-state index < -0.39 is 0 Å². The van der Waals surface area contributed by atoms with E-state index in [-0.39, 0.29) is 0 Å². The highest BCUT2D eigenvalue weighted by atomic mass is 35.5. The van der Waals surface area contributed by atoms with Gasteiger partial charge in [0.25, 0.3) is 0 Å². The summed E-state index contributed by atoms with van der Waals surface area (Å²) < 4.78 is 2.22. The summed E-state index contributed by atoms with van der Waals surface area (Å²) in [6, 6.07) is 13.8. The van der Waals surface area contributed by atoms with Crippen molar-refractivity contribution in [3.05, 3.63) is 58.9 Å². The molecule has 21 heavy (non-hydrogen) atoms. The Morgan fingerprint density at radius 3 is 2.71 bits per heavy atom. The van der Waals surface area contributed by atoms with Crippen molar-refractivity contribution in [3.8, 4) is 0 Å². The average molecular weight is 300 g/mol. The molecule has 1 heterocycles. The quantitative estimate of drug-likeness (QED) is 0.738. The molecule has 2 aromatic carbocycles. The summed E-state index contributed by atoms with van der Waals surface area (Å²) >= 11 is 6.09. The fourth-order valence-electron chi connectivity index (χ4n) is 2.70. The topological polar surface area (TPSA) is 43.8 Å². The second kappa shape index (κ2) is 5.78. The lowest BCUT2D eigenvalue weighted by atomic mass is 10.1. The molecule has 3 aromatic rings. The van der Waals surface area contributed by atoms with Crippen molar-refractivity contribution < 1.29 is 0 Å². The van der Waals surface area contributed by atoms with Crippen LogP contribution in [0.25, 0.3) is 11.0 Å². The first-order valence-electron chi connectivity index (χ1n) is 7.17. The molecule has 0 fully saturated rings. The Balaban J connectivity index is 1.92. The molecule has 3 rings (SSSR count). The van der Waals surface area contributed by atoms with Gasteiger partial charge in [0.2, 0.25) is 0 Å². The SMILES string of the molecule is CCn1c(CCc2ccccc2N)nc2ccc(Cl)cc21. The zero-order chi connectivity index (χ0) is 14.8. The molecule has 0 unspecified atom stereocenters. The van der Waals surface area contributed by atoms with E-state index in [2.05, 4.69) is 17.6 Å². The smallest absolute Gasteiger partial charge is 0.110 e. The molecular formula is C17H18ClN3. The van der Waals surface area contributed by atoms with Crippen LogP contribution < -0.4 is 5.73 Å². The van der Waals surface area contributed by atoms with E-state index in [0.29, 0.717) is 0 Å². The summed E-state index contributed by atoms with van der Waals surface area (Å²) in [5, 5.41) is 0.746. The van der Waals surface area contributed by atoms with Crippen molar-refractivity contribution in [1.29, 1.82) is 0 Å². The predicted octanol–water partition coefficient (Wildman–Crippen LogP) is 4.08. The normalized spacial score (nSPS) is 11.1. The van der Waals surface area contributed by atoms with Gasteiger partial charge >= 0.3 is 0 Å². The summed E-state index contributed by atoms with van der Waals surface area (Å²) in [6.07, 6.45) is 1.76. The molecule has 0 saturated heterocycles. The average Bonchev–Trinajstić information content (AvgIpc) is 2.83. The zero-order valence-corrected chi connectivity index (χ0v) is 12.8. The van der Waals surface area contributed by atoms with Crippen LogP contribution in [0.2, 0.25) is 5.02 Å². The minimum atomic E-state index is 0.746. The molecule has 0 aliphatic heterocycles. The van der Waals surface area contributed by atoms with Gasteiger partial charge in [-0.25, -0.2) is 4.98 Å². The van der Waals surface area contributed by atoms with E-state index in [1.807, 2.05) is 36.4 Å². The third-order valence-corrected chi connectivity index (χ3v) is 4.01. The molecule has 4 heteroatoms. The van der Waals surface area contributed by atoms with Crippen molar-refractivity contribution in [2.24, 2.45) is 0 Å². The van der Waals surface area contributed by atoms with Gasteiger partial charge < -0.3 is 10.3 Å². The van der Waals surface area contributed by atoms with Crippen molar-refractivity contribution in [3.63, 3.8) is 0 Å². The molecule has 0 amide bonds. The van der Waals surface area contributed by atoms with E-state index in [0.717, 1.165) is 47.0 Å². The summed E-state index contributed by atoms with van der Waals surface area (Å²) in [6.45, 7) is 3.01. The summed E-state index contributed by atoms with van der Waals surface area (Å²) in [5.74, 6) is 1.08.